The highest BCUT2D eigenvalue weighted by molar-refractivity contribution is 7.10. The standard InChI is InChI=1S/C14H22ClN3OS.ClH/c15-12-5-8-20-13(12)10-18-7-2-1-3-11(18)9-17-14(19)4-6-16;/h5,8,11H,1-4,6-7,9-10,16H2,(H,17,19);1H. The van der Waals surface area contributed by atoms with Gasteiger partial charge in [0.25, 0.3) is 0 Å². The van der Waals surface area contributed by atoms with Gasteiger partial charge in [-0.1, -0.05) is 18.0 Å². The third-order valence-electron chi connectivity index (χ3n) is 3.69. The van der Waals surface area contributed by atoms with Crippen molar-refractivity contribution in [2.45, 2.75) is 38.3 Å². The highest BCUT2D eigenvalue weighted by Crippen LogP contribution is 2.26. The zero-order valence-electron chi connectivity index (χ0n) is 12.0. The predicted octanol–water partition coefficient (Wildman–Crippen LogP) is 2.64. The monoisotopic (exact) mass is 351 g/mol. The number of carbonyl (C=O) groups excluding carboxylic acids is 1. The Bertz CT molecular complexity index is 442. The lowest BCUT2D eigenvalue weighted by Crippen LogP contribution is -2.46. The van der Waals surface area contributed by atoms with E-state index < -0.39 is 0 Å². The molecule has 1 aromatic rings. The summed E-state index contributed by atoms with van der Waals surface area (Å²) in [5, 5.41) is 5.87. The van der Waals surface area contributed by atoms with Gasteiger partial charge < -0.3 is 11.1 Å². The van der Waals surface area contributed by atoms with Crippen LogP contribution in [-0.4, -0.2) is 36.5 Å². The first-order chi connectivity index (χ1) is 9.70. The number of thiophene rings is 1. The van der Waals surface area contributed by atoms with E-state index in [2.05, 4.69) is 10.2 Å². The molecule has 0 radical (unpaired) electrons. The number of piperidine rings is 1. The van der Waals surface area contributed by atoms with Crippen LogP contribution in [0.25, 0.3) is 0 Å². The first-order valence-corrected chi connectivity index (χ1v) is 8.39. The molecule has 120 valence electrons. The second-order valence-corrected chi connectivity index (χ2v) is 6.56. The first-order valence-electron chi connectivity index (χ1n) is 7.13. The molecule has 2 rings (SSSR count). The highest BCUT2D eigenvalue weighted by atomic mass is 35.5. The van der Waals surface area contributed by atoms with Crippen LogP contribution in [0.4, 0.5) is 0 Å². The van der Waals surface area contributed by atoms with E-state index in [9.17, 15) is 4.79 Å². The number of hydrogen-bond acceptors (Lipinski definition) is 4. The maximum Gasteiger partial charge on any atom is 0.221 e. The van der Waals surface area contributed by atoms with Crippen molar-refractivity contribution in [3.05, 3.63) is 21.3 Å². The minimum absolute atomic E-state index is 0. The molecular weight excluding hydrogens is 329 g/mol. The van der Waals surface area contributed by atoms with Crippen LogP contribution in [0.2, 0.25) is 5.02 Å². The van der Waals surface area contributed by atoms with Gasteiger partial charge in [-0.3, -0.25) is 9.69 Å². The molecule has 1 fully saturated rings. The Morgan fingerprint density at radius 2 is 2.33 bits per heavy atom. The van der Waals surface area contributed by atoms with Crippen molar-refractivity contribution >= 4 is 41.3 Å². The second kappa shape index (κ2) is 9.64. The van der Waals surface area contributed by atoms with Gasteiger partial charge in [0.1, 0.15) is 0 Å². The molecule has 21 heavy (non-hydrogen) atoms. The van der Waals surface area contributed by atoms with Crippen LogP contribution in [0.5, 0.6) is 0 Å². The maximum atomic E-state index is 11.5. The van der Waals surface area contributed by atoms with Crippen molar-refractivity contribution in [3.8, 4) is 0 Å². The topological polar surface area (TPSA) is 58.4 Å². The molecular formula is C14H23Cl2N3OS. The van der Waals surface area contributed by atoms with Gasteiger partial charge in [-0.25, -0.2) is 0 Å². The minimum Gasteiger partial charge on any atom is -0.354 e. The SMILES string of the molecule is Cl.NCCC(=O)NCC1CCCCN1Cc1sccc1Cl. The second-order valence-electron chi connectivity index (χ2n) is 5.15. The van der Waals surface area contributed by atoms with E-state index in [1.54, 1.807) is 11.3 Å². The van der Waals surface area contributed by atoms with Crippen molar-refractivity contribution in [1.29, 1.82) is 0 Å². The molecule has 0 saturated carbocycles. The summed E-state index contributed by atoms with van der Waals surface area (Å²) in [4.78, 5) is 15.2. The largest absolute Gasteiger partial charge is 0.354 e. The van der Waals surface area contributed by atoms with E-state index in [1.165, 1.54) is 17.7 Å². The Labute approximate surface area is 141 Å². The van der Waals surface area contributed by atoms with Crippen molar-refractivity contribution < 1.29 is 4.79 Å². The average Bonchev–Trinajstić information content (AvgIpc) is 2.84. The summed E-state index contributed by atoms with van der Waals surface area (Å²) < 4.78 is 0. The molecule has 4 nitrogen and oxygen atoms in total. The van der Waals surface area contributed by atoms with E-state index in [0.29, 0.717) is 25.6 Å². The van der Waals surface area contributed by atoms with Gasteiger partial charge in [0.2, 0.25) is 5.91 Å². The minimum atomic E-state index is 0. The molecule has 1 saturated heterocycles. The molecule has 0 bridgehead atoms. The quantitative estimate of drug-likeness (QED) is 0.828. The Kier molecular flexibility index (Phi) is 8.59. The number of halogens is 2. The summed E-state index contributed by atoms with van der Waals surface area (Å²) in [6.07, 6.45) is 3.98. The van der Waals surface area contributed by atoms with E-state index >= 15 is 0 Å². The summed E-state index contributed by atoms with van der Waals surface area (Å²) in [5.41, 5.74) is 5.39. The van der Waals surface area contributed by atoms with E-state index in [1.807, 2.05) is 11.4 Å². The molecule has 0 spiro atoms. The molecule has 0 aromatic carbocycles. The number of carbonyl (C=O) groups is 1. The summed E-state index contributed by atoms with van der Waals surface area (Å²) >= 11 is 7.88. The van der Waals surface area contributed by atoms with E-state index in [-0.39, 0.29) is 18.3 Å². The molecule has 1 atom stereocenters. The Morgan fingerprint density at radius 1 is 1.52 bits per heavy atom. The van der Waals surface area contributed by atoms with Gasteiger partial charge in [0.05, 0.1) is 5.02 Å². The molecule has 1 amide bonds. The third-order valence-corrected chi connectivity index (χ3v) is 5.06. The van der Waals surface area contributed by atoms with Crippen LogP contribution >= 0.6 is 35.3 Å². The van der Waals surface area contributed by atoms with E-state index in [0.717, 1.165) is 24.5 Å². The van der Waals surface area contributed by atoms with E-state index in [4.69, 9.17) is 17.3 Å². The molecule has 1 aliphatic rings. The Balaban J connectivity index is 0.00000220. The molecule has 1 aliphatic heterocycles. The Morgan fingerprint density at radius 3 is 3.00 bits per heavy atom. The van der Waals surface area contributed by atoms with Gasteiger partial charge in [-0.05, 0) is 30.8 Å². The third kappa shape index (κ3) is 5.75. The van der Waals surface area contributed by atoms with Crippen molar-refractivity contribution in [3.63, 3.8) is 0 Å². The molecule has 2 heterocycles. The van der Waals surface area contributed by atoms with Gasteiger partial charge >= 0.3 is 0 Å². The number of hydrogen-bond donors (Lipinski definition) is 2. The molecule has 0 aliphatic carbocycles. The van der Waals surface area contributed by atoms with Crippen molar-refractivity contribution in [2.75, 3.05) is 19.6 Å². The fraction of sp³-hybridized carbons (Fsp3) is 0.643. The summed E-state index contributed by atoms with van der Waals surface area (Å²) in [5.74, 6) is 0.0483. The molecule has 1 aromatic heterocycles. The average molecular weight is 352 g/mol. The molecule has 7 heteroatoms. The van der Waals surface area contributed by atoms with Gasteiger partial charge in [-0.2, -0.15) is 0 Å². The van der Waals surface area contributed by atoms with Crippen LogP contribution in [0.3, 0.4) is 0 Å². The van der Waals surface area contributed by atoms with Crippen LogP contribution in [0.15, 0.2) is 11.4 Å². The van der Waals surface area contributed by atoms with Crippen LogP contribution in [-0.2, 0) is 11.3 Å². The number of nitrogens with one attached hydrogen (secondary N) is 1. The summed E-state index contributed by atoms with van der Waals surface area (Å²) in [6.45, 7) is 3.08. The fourth-order valence-electron chi connectivity index (χ4n) is 2.57. The fourth-order valence-corrected chi connectivity index (χ4v) is 3.69. The number of nitrogens with two attached hydrogens (primary N) is 1. The lowest BCUT2D eigenvalue weighted by atomic mass is 10.0. The van der Waals surface area contributed by atoms with Crippen molar-refractivity contribution in [1.82, 2.24) is 10.2 Å². The van der Waals surface area contributed by atoms with Gasteiger partial charge in [0.15, 0.2) is 0 Å². The van der Waals surface area contributed by atoms with Gasteiger partial charge in [-0.15, -0.1) is 23.7 Å². The van der Waals surface area contributed by atoms with Gasteiger partial charge in [0, 0.05) is 37.0 Å². The Hall–Kier alpha value is -0.330. The number of nitrogens with zero attached hydrogens (tertiary/aromatic N) is 1. The molecule has 1 unspecified atom stereocenters. The summed E-state index contributed by atoms with van der Waals surface area (Å²) in [7, 11) is 0. The summed E-state index contributed by atoms with van der Waals surface area (Å²) in [6, 6.07) is 2.35. The zero-order chi connectivity index (χ0) is 14.4. The normalized spacial score (nSPS) is 19.0. The van der Waals surface area contributed by atoms with Crippen molar-refractivity contribution in [2.24, 2.45) is 5.73 Å². The number of rotatable bonds is 6. The molecule has 3 N–H and O–H groups in total. The lowest BCUT2D eigenvalue weighted by Gasteiger charge is -2.35. The van der Waals surface area contributed by atoms with Crippen LogP contribution in [0.1, 0.15) is 30.6 Å². The van der Waals surface area contributed by atoms with Crippen LogP contribution < -0.4 is 11.1 Å². The maximum absolute atomic E-state index is 11.5. The van der Waals surface area contributed by atoms with Crippen LogP contribution in [0, 0.1) is 0 Å². The first kappa shape index (κ1) is 18.7. The number of likely N-dealkylation sites (tertiary alicyclic amines) is 1. The predicted molar refractivity (Wildman–Crippen MR) is 91.3 cm³/mol. The smallest absolute Gasteiger partial charge is 0.221 e. The number of amides is 1. The lowest BCUT2D eigenvalue weighted by molar-refractivity contribution is -0.121. The zero-order valence-corrected chi connectivity index (χ0v) is 14.4. The highest BCUT2D eigenvalue weighted by Gasteiger charge is 2.23.